The first-order valence-corrected chi connectivity index (χ1v) is 9.85. The molecule has 0 amide bonds. The molecule has 0 unspecified atom stereocenters. The Morgan fingerprint density at radius 2 is 2.00 bits per heavy atom. The predicted molar refractivity (Wildman–Crippen MR) is 91.5 cm³/mol. The van der Waals surface area contributed by atoms with Crippen molar-refractivity contribution in [3.05, 3.63) is 47.5 Å². The van der Waals surface area contributed by atoms with Crippen LogP contribution in [0.2, 0.25) is 0 Å². The molecule has 3 rings (SSSR count). The highest BCUT2D eigenvalue weighted by Crippen LogP contribution is 2.23. The summed E-state index contributed by atoms with van der Waals surface area (Å²) in [5.41, 5.74) is 2.09. The fraction of sp³-hybridized carbons (Fsp3) is 0.471. The quantitative estimate of drug-likeness (QED) is 0.841. The second-order valence-electron chi connectivity index (χ2n) is 6.36. The molecule has 0 N–H and O–H groups in total. The van der Waals surface area contributed by atoms with E-state index in [9.17, 15) is 8.42 Å². The first-order chi connectivity index (χ1) is 11.3. The van der Waals surface area contributed by atoms with E-state index in [2.05, 4.69) is 9.88 Å². The molecule has 1 fully saturated rings. The van der Waals surface area contributed by atoms with Crippen LogP contribution in [0.5, 0.6) is 0 Å². The van der Waals surface area contributed by atoms with Crippen LogP contribution in [0.3, 0.4) is 0 Å². The zero-order valence-corrected chi connectivity index (χ0v) is 15.1. The van der Waals surface area contributed by atoms with Crippen LogP contribution in [0, 0.1) is 6.92 Å². The van der Waals surface area contributed by atoms with Gasteiger partial charge in [-0.2, -0.15) is 0 Å². The lowest BCUT2D eigenvalue weighted by atomic mass is 10.2. The van der Waals surface area contributed by atoms with E-state index in [-0.39, 0.29) is 6.10 Å². The lowest BCUT2D eigenvalue weighted by Gasteiger charge is -2.32. The maximum Gasteiger partial charge on any atom is 0.175 e. The van der Waals surface area contributed by atoms with Crippen molar-refractivity contribution >= 4 is 9.84 Å². The number of hydrogen-bond acceptors (Lipinski definition) is 5. The van der Waals surface area contributed by atoms with Gasteiger partial charge in [-0.05, 0) is 24.6 Å². The second-order valence-corrected chi connectivity index (χ2v) is 8.38. The van der Waals surface area contributed by atoms with Crippen LogP contribution >= 0.6 is 0 Å². The monoisotopic (exact) mass is 349 g/mol. The fourth-order valence-corrected chi connectivity index (χ4v) is 3.67. The Labute approximate surface area is 143 Å². The van der Waals surface area contributed by atoms with Gasteiger partial charge in [-0.25, -0.2) is 13.4 Å². The molecule has 0 saturated carbocycles. The third-order valence-electron chi connectivity index (χ3n) is 4.23. The highest BCUT2D eigenvalue weighted by atomic mass is 32.2. The van der Waals surface area contributed by atoms with Crippen molar-refractivity contribution < 1.29 is 13.2 Å². The van der Waals surface area contributed by atoms with E-state index in [1.165, 1.54) is 6.26 Å². The molecule has 6 nitrogen and oxygen atoms in total. The Morgan fingerprint density at radius 3 is 2.58 bits per heavy atom. The van der Waals surface area contributed by atoms with Crippen molar-refractivity contribution in [1.82, 2.24) is 14.5 Å². The first-order valence-electron chi connectivity index (χ1n) is 7.96. The van der Waals surface area contributed by atoms with E-state index in [1.807, 2.05) is 36.9 Å². The van der Waals surface area contributed by atoms with E-state index in [4.69, 9.17) is 4.74 Å². The van der Waals surface area contributed by atoms with Crippen LogP contribution in [0.4, 0.5) is 0 Å². The lowest BCUT2D eigenvalue weighted by molar-refractivity contribution is -0.0384. The number of benzene rings is 1. The standard InChI is InChI=1S/C17H23N3O3S/c1-13-10-19(2)17(18-13)16-12-20(8-9-23-16)11-14-4-6-15(7-5-14)24(3,21)22/h4-7,10,16H,8-9,11-12H2,1-3H3/t16-/m1/s1. The highest BCUT2D eigenvalue weighted by molar-refractivity contribution is 7.90. The minimum atomic E-state index is -3.14. The summed E-state index contributed by atoms with van der Waals surface area (Å²) in [6.07, 6.45) is 3.19. The number of ether oxygens (including phenoxy) is 1. The van der Waals surface area contributed by atoms with E-state index >= 15 is 0 Å². The topological polar surface area (TPSA) is 64.4 Å². The molecule has 1 saturated heterocycles. The number of nitrogens with zero attached hydrogens (tertiary/aromatic N) is 3. The minimum absolute atomic E-state index is 0.0345. The van der Waals surface area contributed by atoms with Gasteiger partial charge in [0.1, 0.15) is 11.9 Å². The number of hydrogen-bond donors (Lipinski definition) is 0. The van der Waals surface area contributed by atoms with Gasteiger partial charge in [-0.1, -0.05) is 12.1 Å². The average Bonchev–Trinajstić information content (AvgIpc) is 2.86. The third-order valence-corrected chi connectivity index (χ3v) is 5.36. The van der Waals surface area contributed by atoms with Gasteiger partial charge in [0.15, 0.2) is 9.84 Å². The molecule has 130 valence electrons. The van der Waals surface area contributed by atoms with Crippen molar-refractivity contribution in [2.24, 2.45) is 7.05 Å². The molecular weight excluding hydrogens is 326 g/mol. The van der Waals surface area contributed by atoms with Crippen LogP contribution in [0.25, 0.3) is 0 Å². The van der Waals surface area contributed by atoms with Gasteiger partial charge >= 0.3 is 0 Å². The summed E-state index contributed by atoms with van der Waals surface area (Å²) in [5, 5.41) is 0. The van der Waals surface area contributed by atoms with Crippen LogP contribution in [-0.2, 0) is 28.2 Å². The van der Waals surface area contributed by atoms with Gasteiger partial charge in [0.05, 0.1) is 17.2 Å². The van der Waals surface area contributed by atoms with Gasteiger partial charge in [0.25, 0.3) is 0 Å². The second kappa shape index (κ2) is 6.66. The predicted octanol–water partition coefficient (Wildman–Crippen LogP) is 1.71. The van der Waals surface area contributed by atoms with Crippen LogP contribution < -0.4 is 0 Å². The zero-order chi connectivity index (χ0) is 17.3. The summed E-state index contributed by atoms with van der Waals surface area (Å²) in [6.45, 7) is 5.05. The Hall–Kier alpha value is -1.70. The van der Waals surface area contributed by atoms with Crippen molar-refractivity contribution in [1.29, 1.82) is 0 Å². The van der Waals surface area contributed by atoms with Gasteiger partial charge in [-0.15, -0.1) is 0 Å². The fourth-order valence-electron chi connectivity index (χ4n) is 3.04. The summed E-state index contributed by atoms with van der Waals surface area (Å²) in [6, 6.07) is 7.10. The summed E-state index contributed by atoms with van der Waals surface area (Å²) in [4.78, 5) is 7.23. The number of sulfone groups is 1. The summed E-state index contributed by atoms with van der Waals surface area (Å²) in [5.74, 6) is 0.949. The molecule has 1 aromatic heterocycles. The van der Waals surface area contributed by atoms with Crippen molar-refractivity contribution in [3.63, 3.8) is 0 Å². The largest absolute Gasteiger partial charge is 0.368 e. The molecule has 1 aliphatic rings. The van der Waals surface area contributed by atoms with Gasteiger partial charge in [0.2, 0.25) is 0 Å². The Morgan fingerprint density at radius 1 is 1.29 bits per heavy atom. The van der Waals surface area contributed by atoms with Crippen LogP contribution in [-0.4, -0.2) is 48.8 Å². The number of aryl methyl sites for hydroxylation is 2. The summed E-state index contributed by atoms with van der Waals surface area (Å²) >= 11 is 0. The van der Waals surface area contributed by atoms with Crippen LogP contribution in [0.1, 0.15) is 23.2 Å². The normalized spacial score (nSPS) is 19.5. The highest BCUT2D eigenvalue weighted by Gasteiger charge is 2.25. The van der Waals surface area contributed by atoms with Crippen LogP contribution in [0.15, 0.2) is 35.4 Å². The number of aromatic nitrogens is 2. The number of morpholine rings is 1. The van der Waals surface area contributed by atoms with Crippen molar-refractivity contribution in [2.75, 3.05) is 26.0 Å². The Bertz CT molecular complexity index is 812. The zero-order valence-electron chi connectivity index (χ0n) is 14.3. The molecule has 1 aromatic carbocycles. The summed E-state index contributed by atoms with van der Waals surface area (Å²) < 4.78 is 31.0. The molecular formula is C17H23N3O3S. The van der Waals surface area contributed by atoms with E-state index in [0.29, 0.717) is 11.5 Å². The molecule has 0 bridgehead atoms. The van der Waals surface area contributed by atoms with Gasteiger partial charge < -0.3 is 9.30 Å². The van der Waals surface area contributed by atoms with E-state index in [1.54, 1.807) is 12.1 Å². The maximum atomic E-state index is 11.5. The molecule has 2 heterocycles. The van der Waals surface area contributed by atoms with E-state index < -0.39 is 9.84 Å². The molecule has 7 heteroatoms. The number of imidazole rings is 1. The lowest BCUT2D eigenvalue weighted by Crippen LogP contribution is -2.38. The Balaban J connectivity index is 1.68. The average molecular weight is 349 g/mol. The summed E-state index contributed by atoms with van der Waals surface area (Å²) in [7, 11) is -1.16. The molecule has 1 atom stereocenters. The van der Waals surface area contributed by atoms with Crippen molar-refractivity contribution in [2.45, 2.75) is 24.5 Å². The molecule has 0 radical (unpaired) electrons. The SMILES string of the molecule is Cc1cn(C)c([C@H]2CN(Cc3ccc(S(C)(=O)=O)cc3)CCO2)n1. The first kappa shape index (κ1) is 17.1. The minimum Gasteiger partial charge on any atom is -0.368 e. The molecule has 1 aliphatic heterocycles. The Kier molecular flexibility index (Phi) is 4.76. The van der Waals surface area contributed by atoms with E-state index in [0.717, 1.165) is 36.7 Å². The van der Waals surface area contributed by atoms with Crippen molar-refractivity contribution in [3.8, 4) is 0 Å². The van der Waals surface area contributed by atoms with Gasteiger partial charge in [0, 0.05) is 39.1 Å². The van der Waals surface area contributed by atoms with Gasteiger partial charge in [-0.3, -0.25) is 4.90 Å². The maximum absolute atomic E-state index is 11.5. The molecule has 24 heavy (non-hydrogen) atoms. The third kappa shape index (κ3) is 3.85. The molecule has 0 aliphatic carbocycles. The molecule has 0 spiro atoms. The molecule has 2 aromatic rings. The number of rotatable bonds is 4. The smallest absolute Gasteiger partial charge is 0.175 e.